The molecule has 2 N–H and O–H groups in total. The lowest BCUT2D eigenvalue weighted by Crippen LogP contribution is -2.48. The maximum Gasteiger partial charge on any atom is 0.271 e. The van der Waals surface area contributed by atoms with Gasteiger partial charge in [-0.25, -0.2) is 10.1 Å². The molecule has 7 nitrogen and oxygen atoms in total. The molecule has 3 rings (SSSR count). The van der Waals surface area contributed by atoms with Gasteiger partial charge in [0.25, 0.3) is 11.5 Å². The first kappa shape index (κ1) is 15.2. The second kappa shape index (κ2) is 6.60. The van der Waals surface area contributed by atoms with Crippen LogP contribution in [0.15, 0.2) is 35.1 Å². The molecule has 3 heterocycles. The summed E-state index contributed by atoms with van der Waals surface area (Å²) in [6.45, 7) is 3.61. The Morgan fingerprint density at radius 1 is 1.35 bits per heavy atom. The standard InChI is InChI=1S/C16H19N5O2/c1-11-4-2-6-14(17-11)21-9-3-5-12(10-21)18-16(23)13-7-8-15(22)20-19-13/h2,4,6-8,12H,3,5,9-10H2,1H3,(H,18,23)(H,20,22)/t12-/m1/s1. The van der Waals surface area contributed by atoms with Crippen LogP contribution in [-0.4, -0.2) is 40.2 Å². The zero-order valence-corrected chi connectivity index (χ0v) is 13.0. The SMILES string of the molecule is Cc1cccc(N2CCC[C@@H](NC(=O)c3ccc(=O)[nH]n3)C2)n1. The van der Waals surface area contributed by atoms with Crippen LogP contribution in [0, 0.1) is 6.92 Å². The van der Waals surface area contributed by atoms with Gasteiger partial charge in [0.05, 0.1) is 0 Å². The molecule has 0 spiro atoms. The Kier molecular flexibility index (Phi) is 4.36. The van der Waals surface area contributed by atoms with E-state index >= 15 is 0 Å². The predicted molar refractivity (Wildman–Crippen MR) is 86.5 cm³/mol. The van der Waals surface area contributed by atoms with Gasteiger partial charge in [-0.05, 0) is 38.0 Å². The number of rotatable bonds is 3. The maximum absolute atomic E-state index is 12.2. The van der Waals surface area contributed by atoms with Crippen LogP contribution in [0.25, 0.3) is 0 Å². The summed E-state index contributed by atoms with van der Waals surface area (Å²) in [5.74, 6) is 0.663. The molecule has 1 atom stereocenters. The lowest BCUT2D eigenvalue weighted by molar-refractivity contribution is 0.0927. The summed E-state index contributed by atoms with van der Waals surface area (Å²) < 4.78 is 0. The summed E-state index contributed by atoms with van der Waals surface area (Å²) in [7, 11) is 0. The van der Waals surface area contributed by atoms with Crippen molar-refractivity contribution in [2.24, 2.45) is 0 Å². The Labute approximate surface area is 133 Å². The van der Waals surface area contributed by atoms with Crippen molar-refractivity contribution in [3.8, 4) is 0 Å². The van der Waals surface area contributed by atoms with E-state index < -0.39 is 0 Å². The number of hydrogen-bond acceptors (Lipinski definition) is 5. The molecule has 23 heavy (non-hydrogen) atoms. The van der Waals surface area contributed by atoms with Crippen molar-refractivity contribution in [1.82, 2.24) is 20.5 Å². The highest BCUT2D eigenvalue weighted by Gasteiger charge is 2.23. The van der Waals surface area contributed by atoms with Gasteiger partial charge >= 0.3 is 0 Å². The molecular weight excluding hydrogens is 294 g/mol. The number of nitrogens with one attached hydrogen (secondary N) is 2. The van der Waals surface area contributed by atoms with Crippen molar-refractivity contribution in [3.63, 3.8) is 0 Å². The number of piperidine rings is 1. The van der Waals surface area contributed by atoms with Crippen molar-refractivity contribution in [2.45, 2.75) is 25.8 Å². The average Bonchev–Trinajstić information content (AvgIpc) is 2.56. The number of H-pyrrole nitrogens is 1. The van der Waals surface area contributed by atoms with E-state index in [1.807, 2.05) is 25.1 Å². The average molecular weight is 313 g/mol. The third-order valence-electron chi connectivity index (χ3n) is 3.87. The van der Waals surface area contributed by atoms with Crippen molar-refractivity contribution in [1.29, 1.82) is 0 Å². The summed E-state index contributed by atoms with van der Waals surface area (Å²) in [4.78, 5) is 29.9. The Balaban J connectivity index is 1.65. The zero-order valence-electron chi connectivity index (χ0n) is 13.0. The van der Waals surface area contributed by atoms with Crippen LogP contribution in [0.3, 0.4) is 0 Å². The van der Waals surface area contributed by atoms with Crippen LogP contribution in [0.1, 0.15) is 29.0 Å². The quantitative estimate of drug-likeness (QED) is 0.877. The van der Waals surface area contributed by atoms with Crippen LogP contribution >= 0.6 is 0 Å². The molecule has 1 aliphatic rings. The first-order valence-electron chi connectivity index (χ1n) is 7.67. The van der Waals surface area contributed by atoms with Gasteiger partial charge in [-0.1, -0.05) is 6.07 Å². The van der Waals surface area contributed by atoms with E-state index in [9.17, 15) is 9.59 Å². The zero-order chi connectivity index (χ0) is 16.2. The van der Waals surface area contributed by atoms with Gasteiger partial charge in [-0.3, -0.25) is 9.59 Å². The van der Waals surface area contributed by atoms with Gasteiger partial charge in [-0.15, -0.1) is 0 Å². The van der Waals surface area contributed by atoms with Crippen LogP contribution in [0.2, 0.25) is 0 Å². The van der Waals surface area contributed by atoms with Crippen LogP contribution in [0.5, 0.6) is 0 Å². The summed E-state index contributed by atoms with van der Waals surface area (Å²) in [5.41, 5.74) is 0.873. The first-order chi connectivity index (χ1) is 11.1. The summed E-state index contributed by atoms with van der Waals surface area (Å²) in [6.07, 6.45) is 1.90. The number of amides is 1. The maximum atomic E-state index is 12.2. The summed E-state index contributed by atoms with van der Waals surface area (Å²) in [6, 6.07) is 8.70. The monoisotopic (exact) mass is 313 g/mol. The van der Waals surface area contributed by atoms with Crippen LogP contribution < -0.4 is 15.8 Å². The third kappa shape index (κ3) is 3.74. The Hall–Kier alpha value is -2.70. The number of nitrogens with zero attached hydrogens (tertiary/aromatic N) is 3. The van der Waals surface area contributed by atoms with Crippen molar-refractivity contribution in [2.75, 3.05) is 18.0 Å². The second-order valence-corrected chi connectivity index (χ2v) is 5.70. The normalized spacial score (nSPS) is 17.8. The minimum Gasteiger partial charge on any atom is -0.355 e. The number of hydrogen-bond donors (Lipinski definition) is 2. The van der Waals surface area contributed by atoms with E-state index in [1.165, 1.54) is 12.1 Å². The smallest absolute Gasteiger partial charge is 0.271 e. The van der Waals surface area contributed by atoms with Gasteiger partial charge in [-0.2, -0.15) is 5.10 Å². The molecule has 7 heteroatoms. The van der Waals surface area contributed by atoms with Gasteiger partial charge < -0.3 is 10.2 Å². The molecule has 2 aromatic heterocycles. The summed E-state index contributed by atoms with van der Waals surface area (Å²) >= 11 is 0. The molecule has 0 aliphatic carbocycles. The van der Waals surface area contributed by atoms with E-state index in [1.54, 1.807) is 0 Å². The fraction of sp³-hybridized carbons (Fsp3) is 0.375. The van der Waals surface area contributed by atoms with Crippen molar-refractivity contribution in [3.05, 3.63) is 52.1 Å². The van der Waals surface area contributed by atoms with Gasteiger partial charge in [0.2, 0.25) is 0 Å². The number of aromatic amines is 1. The highest BCUT2D eigenvalue weighted by molar-refractivity contribution is 5.92. The number of aromatic nitrogens is 3. The molecular formula is C16H19N5O2. The van der Waals surface area contributed by atoms with E-state index in [2.05, 4.69) is 25.4 Å². The van der Waals surface area contributed by atoms with E-state index in [4.69, 9.17) is 0 Å². The molecule has 1 amide bonds. The minimum atomic E-state index is -0.323. The predicted octanol–water partition coefficient (Wildman–Crippen LogP) is 0.872. The second-order valence-electron chi connectivity index (χ2n) is 5.70. The number of aryl methyl sites for hydroxylation is 1. The molecule has 2 aromatic rings. The summed E-state index contributed by atoms with van der Waals surface area (Å²) in [5, 5.41) is 9.01. The molecule has 0 saturated carbocycles. The Morgan fingerprint density at radius 3 is 2.96 bits per heavy atom. The van der Waals surface area contributed by atoms with Crippen molar-refractivity contribution < 1.29 is 4.79 Å². The number of anilines is 1. The molecule has 120 valence electrons. The van der Waals surface area contributed by atoms with Crippen molar-refractivity contribution >= 4 is 11.7 Å². The van der Waals surface area contributed by atoms with Gasteiger partial charge in [0.15, 0.2) is 0 Å². The number of pyridine rings is 1. The minimum absolute atomic E-state index is 0.0345. The topological polar surface area (TPSA) is 91.0 Å². The molecule has 0 radical (unpaired) electrons. The lowest BCUT2D eigenvalue weighted by atomic mass is 10.1. The highest BCUT2D eigenvalue weighted by Crippen LogP contribution is 2.18. The molecule has 1 aliphatic heterocycles. The third-order valence-corrected chi connectivity index (χ3v) is 3.87. The Morgan fingerprint density at radius 2 is 2.22 bits per heavy atom. The first-order valence-corrected chi connectivity index (χ1v) is 7.67. The largest absolute Gasteiger partial charge is 0.355 e. The molecule has 1 fully saturated rings. The van der Waals surface area contributed by atoms with Gasteiger partial charge in [0.1, 0.15) is 11.5 Å². The fourth-order valence-corrected chi connectivity index (χ4v) is 2.74. The highest BCUT2D eigenvalue weighted by atomic mass is 16.2. The van der Waals surface area contributed by atoms with E-state index in [0.29, 0.717) is 6.54 Å². The van der Waals surface area contributed by atoms with E-state index in [0.717, 1.165) is 30.9 Å². The number of carbonyl (C=O) groups is 1. The molecule has 0 bridgehead atoms. The molecule has 0 unspecified atom stereocenters. The lowest BCUT2D eigenvalue weighted by Gasteiger charge is -2.34. The van der Waals surface area contributed by atoms with E-state index in [-0.39, 0.29) is 23.2 Å². The van der Waals surface area contributed by atoms with Crippen LogP contribution in [-0.2, 0) is 0 Å². The van der Waals surface area contributed by atoms with Crippen LogP contribution in [0.4, 0.5) is 5.82 Å². The number of carbonyl (C=O) groups excluding carboxylic acids is 1. The fourth-order valence-electron chi connectivity index (χ4n) is 2.74. The molecule has 1 saturated heterocycles. The molecule has 0 aromatic carbocycles. The van der Waals surface area contributed by atoms with Gasteiger partial charge in [0, 0.05) is 30.9 Å². The Bertz CT molecular complexity index is 738.